The molecule has 4 aromatic rings. The fourth-order valence-electron chi connectivity index (χ4n) is 3.28. The third-order valence-electron chi connectivity index (χ3n) is 4.95. The average molecular weight is 386 g/mol. The summed E-state index contributed by atoms with van der Waals surface area (Å²) in [6, 6.07) is 11.3. The van der Waals surface area contributed by atoms with Gasteiger partial charge in [0.15, 0.2) is 0 Å². The normalized spacial score (nSPS) is 10.9. The Kier molecular flexibility index (Phi) is 4.95. The summed E-state index contributed by atoms with van der Waals surface area (Å²) in [6.45, 7) is 2.10. The van der Waals surface area contributed by atoms with Crippen molar-refractivity contribution in [2.24, 2.45) is 7.05 Å². The Balaban J connectivity index is 1.68. The first-order valence-electron chi connectivity index (χ1n) is 9.42. The molecule has 0 fully saturated rings. The lowest BCUT2D eigenvalue weighted by atomic mass is 10.1. The molecule has 0 unspecified atom stereocenters. The molecule has 29 heavy (non-hydrogen) atoms. The molecule has 1 aromatic carbocycles. The van der Waals surface area contributed by atoms with Crippen LogP contribution < -0.4 is 10.2 Å². The number of carbonyl (C=O) groups excluding carboxylic acids is 1. The summed E-state index contributed by atoms with van der Waals surface area (Å²) in [6.07, 6.45) is 7.68. The minimum Gasteiger partial charge on any atom is -0.334 e. The van der Waals surface area contributed by atoms with Crippen LogP contribution in [0.25, 0.3) is 11.0 Å². The number of nitrogens with one attached hydrogen (secondary N) is 1. The molecular formula is C22H22N6O. The number of hydrogen-bond donors (Lipinski definition) is 1. The summed E-state index contributed by atoms with van der Waals surface area (Å²) < 4.78 is 1.97. The van der Waals surface area contributed by atoms with Gasteiger partial charge in [0.1, 0.15) is 11.3 Å². The van der Waals surface area contributed by atoms with Crippen LogP contribution in [0.3, 0.4) is 0 Å². The lowest BCUT2D eigenvalue weighted by Gasteiger charge is -2.22. The van der Waals surface area contributed by atoms with Crippen molar-refractivity contribution >= 4 is 34.1 Å². The van der Waals surface area contributed by atoms with Crippen molar-refractivity contribution in [3.8, 4) is 0 Å². The van der Waals surface area contributed by atoms with Crippen molar-refractivity contribution in [1.29, 1.82) is 0 Å². The monoisotopic (exact) mass is 386 g/mol. The summed E-state index contributed by atoms with van der Waals surface area (Å²) in [5, 5.41) is 2.88. The molecule has 0 aliphatic carbocycles. The number of carbonyl (C=O) groups is 1. The largest absolute Gasteiger partial charge is 0.334 e. The number of nitrogens with zero attached hydrogens (tertiary/aromatic N) is 5. The van der Waals surface area contributed by atoms with Gasteiger partial charge in [-0.2, -0.15) is 0 Å². The standard InChI is InChI=1S/C22H22N6O/c1-4-15-7-8-16(22(29)26-17-6-5-9-23-12-17)10-19(15)28(3)21-11-20-18(13-24-21)25-14-27(20)2/h5-14H,4H2,1-3H3,(H,26,29). The van der Waals surface area contributed by atoms with Crippen LogP contribution in [0, 0.1) is 0 Å². The molecule has 3 aromatic heterocycles. The molecule has 0 spiro atoms. The first-order valence-corrected chi connectivity index (χ1v) is 9.42. The Hall–Kier alpha value is -3.74. The Morgan fingerprint density at radius 3 is 2.79 bits per heavy atom. The molecule has 0 aliphatic rings. The zero-order chi connectivity index (χ0) is 20.4. The quantitative estimate of drug-likeness (QED) is 0.562. The second-order valence-corrected chi connectivity index (χ2v) is 6.84. The SMILES string of the molecule is CCc1ccc(C(=O)Nc2cccnc2)cc1N(C)c1cc2c(cn1)ncn2C. The van der Waals surface area contributed by atoms with E-state index in [-0.39, 0.29) is 5.91 Å². The number of anilines is 3. The van der Waals surface area contributed by atoms with Gasteiger partial charge < -0.3 is 14.8 Å². The highest BCUT2D eigenvalue weighted by atomic mass is 16.1. The summed E-state index contributed by atoms with van der Waals surface area (Å²) in [4.78, 5) is 27.6. The molecule has 146 valence electrons. The van der Waals surface area contributed by atoms with Crippen LogP contribution in [-0.4, -0.2) is 32.5 Å². The number of aryl methyl sites for hydroxylation is 2. The van der Waals surface area contributed by atoms with E-state index >= 15 is 0 Å². The maximum Gasteiger partial charge on any atom is 0.255 e. The second-order valence-electron chi connectivity index (χ2n) is 6.84. The lowest BCUT2D eigenvalue weighted by Crippen LogP contribution is -2.16. The van der Waals surface area contributed by atoms with Gasteiger partial charge >= 0.3 is 0 Å². The summed E-state index contributed by atoms with van der Waals surface area (Å²) in [7, 11) is 3.92. The van der Waals surface area contributed by atoms with E-state index in [4.69, 9.17) is 0 Å². The van der Waals surface area contributed by atoms with E-state index < -0.39 is 0 Å². The van der Waals surface area contributed by atoms with Gasteiger partial charge in [0, 0.05) is 37.6 Å². The third kappa shape index (κ3) is 3.67. The predicted molar refractivity (Wildman–Crippen MR) is 115 cm³/mol. The van der Waals surface area contributed by atoms with Crippen LogP contribution in [0.5, 0.6) is 0 Å². The van der Waals surface area contributed by atoms with Gasteiger partial charge in [0.25, 0.3) is 5.91 Å². The van der Waals surface area contributed by atoms with E-state index in [1.54, 1.807) is 31.0 Å². The summed E-state index contributed by atoms with van der Waals surface area (Å²) in [5.74, 6) is 0.617. The number of benzene rings is 1. The van der Waals surface area contributed by atoms with Crippen molar-refractivity contribution in [3.05, 3.63) is 72.4 Å². The number of fused-ring (bicyclic) bond motifs is 1. The van der Waals surface area contributed by atoms with Crippen LogP contribution >= 0.6 is 0 Å². The molecule has 4 rings (SSSR count). The Labute approximate surface area is 169 Å². The number of hydrogen-bond acceptors (Lipinski definition) is 5. The molecule has 0 bridgehead atoms. The fraction of sp³-hybridized carbons (Fsp3) is 0.182. The van der Waals surface area contributed by atoms with E-state index in [9.17, 15) is 4.79 Å². The van der Waals surface area contributed by atoms with Gasteiger partial charge in [0.2, 0.25) is 0 Å². The highest BCUT2D eigenvalue weighted by Crippen LogP contribution is 2.29. The van der Waals surface area contributed by atoms with E-state index in [0.29, 0.717) is 11.3 Å². The Bertz CT molecular complexity index is 1170. The van der Waals surface area contributed by atoms with E-state index in [0.717, 1.165) is 34.5 Å². The van der Waals surface area contributed by atoms with E-state index in [2.05, 4.69) is 27.2 Å². The molecule has 7 nitrogen and oxygen atoms in total. The molecule has 7 heteroatoms. The van der Waals surface area contributed by atoms with Crippen molar-refractivity contribution < 1.29 is 4.79 Å². The van der Waals surface area contributed by atoms with Crippen LogP contribution in [-0.2, 0) is 13.5 Å². The smallest absolute Gasteiger partial charge is 0.255 e. The zero-order valence-electron chi connectivity index (χ0n) is 16.6. The fourth-order valence-corrected chi connectivity index (χ4v) is 3.28. The molecule has 3 heterocycles. The van der Waals surface area contributed by atoms with Gasteiger partial charge in [-0.15, -0.1) is 0 Å². The van der Waals surface area contributed by atoms with E-state index in [1.807, 2.05) is 53.9 Å². The van der Waals surface area contributed by atoms with Gasteiger partial charge in [0.05, 0.1) is 29.9 Å². The number of pyridine rings is 2. The number of aromatic nitrogens is 4. The molecule has 1 amide bonds. The first kappa shape index (κ1) is 18.6. The Morgan fingerprint density at radius 2 is 2.03 bits per heavy atom. The lowest BCUT2D eigenvalue weighted by molar-refractivity contribution is 0.102. The highest BCUT2D eigenvalue weighted by Gasteiger charge is 2.15. The van der Waals surface area contributed by atoms with Crippen molar-refractivity contribution in [2.45, 2.75) is 13.3 Å². The van der Waals surface area contributed by atoms with Gasteiger partial charge in [-0.25, -0.2) is 9.97 Å². The van der Waals surface area contributed by atoms with Crippen molar-refractivity contribution in [3.63, 3.8) is 0 Å². The van der Waals surface area contributed by atoms with Crippen LogP contribution in [0.2, 0.25) is 0 Å². The number of amides is 1. The maximum absolute atomic E-state index is 12.7. The molecule has 1 N–H and O–H groups in total. The van der Waals surface area contributed by atoms with Gasteiger partial charge in [-0.1, -0.05) is 13.0 Å². The molecule has 0 saturated carbocycles. The van der Waals surface area contributed by atoms with Crippen LogP contribution in [0.4, 0.5) is 17.2 Å². The molecule has 0 aliphatic heterocycles. The second kappa shape index (κ2) is 7.71. The number of rotatable bonds is 5. The average Bonchev–Trinajstić information content (AvgIpc) is 3.13. The predicted octanol–water partition coefficient (Wildman–Crippen LogP) is 3.95. The van der Waals surface area contributed by atoms with Gasteiger partial charge in [-0.05, 0) is 36.2 Å². The third-order valence-corrected chi connectivity index (χ3v) is 4.95. The van der Waals surface area contributed by atoms with Crippen LogP contribution in [0.15, 0.2) is 61.3 Å². The highest BCUT2D eigenvalue weighted by molar-refractivity contribution is 6.05. The number of imidazole rings is 1. The van der Waals surface area contributed by atoms with E-state index in [1.165, 1.54) is 0 Å². The molecular weight excluding hydrogens is 364 g/mol. The summed E-state index contributed by atoms with van der Waals surface area (Å²) >= 11 is 0. The minimum atomic E-state index is -0.176. The molecule has 0 atom stereocenters. The van der Waals surface area contributed by atoms with Crippen molar-refractivity contribution in [2.75, 3.05) is 17.3 Å². The van der Waals surface area contributed by atoms with Crippen LogP contribution in [0.1, 0.15) is 22.8 Å². The minimum absolute atomic E-state index is 0.176. The van der Waals surface area contributed by atoms with Gasteiger partial charge in [-0.3, -0.25) is 9.78 Å². The Morgan fingerprint density at radius 1 is 1.17 bits per heavy atom. The maximum atomic E-state index is 12.7. The van der Waals surface area contributed by atoms with Crippen molar-refractivity contribution in [1.82, 2.24) is 19.5 Å². The molecule has 0 saturated heterocycles. The zero-order valence-corrected chi connectivity index (χ0v) is 16.6. The molecule has 0 radical (unpaired) electrons. The topological polar surface area (TPSA) is 75.9 Å². The first-order chi connectivity index (χ1) is 14.1. The summed E-state index contributed by atoms with van der Waals surface area (Å²) in [5.41, 5.74) is 5.18.